The van der Waals surface area contributed by atoms with Gasteiger partial charge >= 0.3 is 0 Å². The van der Waals surface area contributed by atoms with E-state index in [1.54, 1.807) is 0 Å². The van der Waals surface area contributed by atoms with Crippen LogP contribution in [0, 0.1) is 11.8 Å². The molecule has 0 aromatic carbocycles. The van der Waals surface area contributed by atoms with Gasteiger partial charge in [0, 0.05) is 51.2 Å². The number of hydrogen-bond acceptors (Lipinski definition) is 3. The lowest BCUT2D eigenvalue weighted by Gasteiger charge is -2.25. The molecule has 1 aromatic heterocycles. The SMILES string of the molecule is CC[C@H](C)N1C[C@H]2CN(Cc3cccnc3)C[C@H]2C1. The van der Waals surface area contributed by atoms with Gasteiger partial charge in [0.2, 0.25) is 0 Å². The Bertz CT molecular complexity index is 392. The van der Waals surface area contributed by atoms with E-state index in [0.717, 1.165) is 24.4 Å². The van der Waals surface area contributed by atoms with Crippen molar-refractivity contribution < 1.29 is 0 Å². The summed E-state index contributed by atoms with van der Waals surface area (Å²) in [5.74, 6) is 1.79. The van der Waals surface area contributed by atoms with Crippen LogP contribution in [0.3, 0.4) is 0 Å². The van der Waals surface area contributed by atoms with E-state index in [4.69, 9.17) is 0 Å². The average Bonchev–Trinajstić information content (AvgIpc) is 2.97. The first-order valence-corrected chi connectivity index (χ1v) is 7.61. The second kappa shape index (κ2) is 5.59. The Balaban J connectivity index is 1.54. The molecule has 3 heteroatoms. The molecule has 1 aromatic rings. The summed E-state index contributed by atoms with van der Waals surface area (Å²) in [6.45, 7) is 10.9. The molecule has 2 saturated heterocycles. The maximum atomic E-state index is 4.21. The van der Waals surface area contributed by atoms with Crippen molar-refractivity contribution in [3.63, 3.8) is 0 Å². The zero-order chi connectivity index (χ0) is 13.2. The molecule has 0 radical (unpaired) electrons. The average molecular weight is 259 g/mol. The van der Waals surface area contributed by atoms with Crippen LogP contribution >= 0.6 is 0 Å². The molecule has 3 heterocycles. The zero-order valence-electron chi connectivity index (χ0n) is 12.1. The molecule has 104 valence electrons. The Morgan fingerprint density at radius 1 is 1.26 bits per heavy atom. The van der Waals surface area contributed by atoms with Gasteiger partial charge in [0.15, 0.2) is 0 Å². The summed E-state index contributed by atoms with van der Waals surface area (Å²) >= 11 is 0. The Morgan fingerprint density at radius 2 is 2.00 bits per heavy atom. The summed E-state index contributed by atoms with van der Waals surface area (Å²) in [5, 5.41) is 0. The predicted molar refractivity (Wildman–Crippen MR) is 77.8 cm³/mol. The van der Waals surface area contributed by atoms with Gasteiger partial charge in [0.1, 0.15) is 0 Å². The van der Waals surface area contributed by atoms with Crippen molar-refractivity contribution in [2.45, 2.75) is 32.9 Å². The summed E-state index contributed by atoms with van der Waals surface area (Å²) in [6.07, 6.45) is 5.13. The normalized spacial score (nSPS) is 29.6. The minimum absolute atomic E-state index is 0.761. The van der Waals surface area contributed by atoms with Crippen LogP contribution < -0.4 is 0 Å². The Morgan fingerprint density at radius 3 is 2.58 bits per heavy atom. The third-order valence-corrected chi connectivity index (χ3v) is 4.93. The van der Waals surface area contributed by atoms with Crippen LogP contribution in [0.4, 0.5) is 0 Å². The second-order valence-electron chi connectivity index (χ2n) is 6.29. The molecule has 3 rings (SSSR count). The molecule has 0 spiro atoms. The highest BCUT2D eigenvalue weighted by molar-refractivity contribution is 5.09. The van der Waals surface area contributed by atoms with Gasteiger partial charge in [-0.2, -0.15) is 0 Å². The van der Waals surface area contributed by atoms with E-state index < -0.39 is 0 Å². The minimum Gasteiger partial charge on any atom is -0.300 e. The lowest BCUT2D eigenvalue weighted by molar-refractivity contribution is 0.207. The van der Waals surface area contributed by atoms with Crippen molar-refractivity contribution in [1.29, 1.82) is 0 Å². The van der Waals surface area contributed by atoms with Gasteiger partial charge < -0.3 is 4.90 Å². The molecule has 3 nitrogen and oxygen atoms in total. The van der Waals surface area contributed by atoms with Crippen LogP contribution in [0.25, 0.3) is 0 Å². The molecule has 0 aliphatic carbocycles. The quantitative estimate of drug-likeness (QED) is 0.826. The lowest BCUT2D eigenvalue weighted by atomic mass is 10.0. The van der Waals surface area contributed by atoms with Crippen LogP contribution in [0.15, 0.2) is 24.5 Å². The molecule has 0 N–H and O–H groups in total. The van der Waals surface area contributed by atoms with Gasteiger partial charge in [-0.25, -0.2) is 0 Å². The maximum absolute atomic E-state index is 4.21. The first-order valence-electron chi connectivity index (χ1n) is 7.61. The molecule has 0 saturated carbocycles. The molecule has 0 amide bonds. The Labute approximate surface area is 116 Å². The van der Waals surface area contributed by atoms with Crippen molar-refractivity contribution >= 4 is 0 Å². The standard InChI is InChI=1S/C16H25N3/c1-3-13(2)19-11-15-9-18(10-16(15)12-19)8-14-5-4-6-17-7-14/h4-7,13,15-16H,3,8-12H2,1-2H3/t13-,15-,16+/m0/s1. The summed E-state index contributed by atoms with van der Waals surface area (Å²) in [6, 6.07) is 4.99. The lowest BCUT2D eigenvalue weighted by Crippen LogP contribution is -2.34. The van der Waals surface area contributed by atoms with Gasteiger partial charge in [-0.15, -0.1) is 0 Å². The van der Waals surface area contributed by atoms with Gasteiger partial charge in [-0.1, -0.05) is 13.0 Å². The van der Waals surface area contributed by atoms with Gasteiger partial charge in [-0.3, -0.25) is 9.88 Å². The number of pyridine rings is 1. The number of hydrogen-bond donors (Lipinski definition) is 0. The second-order valence-corrected chi connectivity index (χ2v) is 6.29. The summed E-state index contributed by atoms with van der Waals surface area (Å²) in [7, 11) is 0. The topological polar surface area (TPSA) is 19.4 Å². The first-order chi connectivity index (χ1) is 9.26. The smallest absolute Gasteiger partial charge is 0.0312 e. The van der Waals surface area contributed by atoms with Gasteiger partial charge in [0.25, 0.3) is 0 Å². The van der Waals surface area contributed by atoms with Crippen LogP contribution in [-0.4, -0.2) is 47.0 Å². The monoisotopic (exact) mass is 259 g/mol. The number of likely N-dealkylation sites (tertiary alicyclic amines) is 2. The molecule has 3 atom stereocenters. The van der Waals surface area contributed by atoms with Crippen molar-refractivity contribution in [3.8, 4) is 0 Å². The van der Waals surface area contributed by atoms with Crippen molar-refractivity contribution in [1.82, 2.24) is 14.8 Å². The van der Waals surface area contributed by atoms with E-state index in [2.05, 4.69) is 34.7 Å². The zero-order valence-corrected chi connectivity index (χ0v) is 12.1. The number of rotatable bonds is 4. The fourth-order valence-corrected chi connectivity index (χ4v) is 3.62. The minimum atomic E-state index is 0.761. The van der Waals surface area contributed by atoms with Crippen LogP contribution in [-0.2, 0) is 6.54 Å². The summed E-state index contributed by atoms with van der Waals surface area (Å²) in [4.78, 5) is 9.51. The fourth-order valence-electron chi connectivity index (χ4n) is 3.62. The van der Waals surface area contributed by atoms with E-state index >= 15 is 0 Å². The summed E-state index contributed by atoms with van der Waals surface area (Å²) < 4.78 is 0. The fraction of sp³-hybridized carbons (Fsp3) is 0.688. The van der Waals surface area contributed by atoms with Crippen molar-refractivity contribution in [3.05, 3.63) is 30.1 Å². The number of fused-ring (bicyclic) bond motifs is 1. The highest BCUT2D eigenvalue weighted by Gasteiger charge is 2.40. The van der Waals surface area contributed by atoms with E-state index in [0.29, 0.717) is 0 Å². The molecule has 2 fully saturated rings. The highest BCUT2D eigenvalue weighted by atomic mass is 15.2. The summed E-state index contributed by atoms with van der Waals surface area (Å²) in [5.41, 5.74) is 1.35. The van der Waals surface area contributed by atoms with Crippen LogP contribution in [0.2, 0.25) is 0 Å². The van der Waals surface area contributed by atoms with E-state index in [1.807, 2.05) is 18.5 Å². The predicted octanol–water partition coefficient (Wildman–Crippen LogP) is 2.24. The molecular formula is C16H25N3. The third-order valence-electron chi connectivity index (χ3n) is 4.93. The van der Waals surface area contributed by atoms with E-state index in [1.165, 1.54) is 38.2 Å². The molecule has 2 aliphatic rings. The molecule has 0 bridgehead atoms. The molecule has 2 aliphatic heterocycles. The first kappa shape index (κ1) is 13.1. The van der Waals surface area contributed by atoms with Crippen LogP contribution in [0.5, 0.6) is 0 Å². The molecular weight excluding hydrogens is 234 g/mol. The molecule has 0 unspecified atom stereocenters. The third kappa shape index (κ3) is 2.82. The van der Waals surface area contributed by atoms with Crippen molar-refractivity contribution in [2.75, 3.05) is 26.2 Å². The Kier molecular flexibility index (Phi) is 3.85. The van der Waals surface area contributed by atoms with E-state index in [9.17, 15) is 0 Å². The van der Waals surface area contributed by atoms with Gasteiger partial charge in [-0.05, 0) is 36.8 Å². The molecule has 19 heavy (non-hydrogen) atoms. The number of nitrogens with zero attached hydrogens (tertiary/aromatic N) is 3. The van der Waals surface area contributed by atoms with Crippen LogP contribution in [0.1, 0.15) is 25.8 Å². The van der Waals surface area contributed by atoms with Crippen molar-refractivity contribution in [2.24, 2.45) is 11.8 Å². The highest BCUT2D eigenvalue weighted by Crippen LogP contribution is 2.33. The van der Waals surface area contributed by atoms with Gasteiger partial charge in [0.05, 0.1) is 0 Å². The largest absolute Gasteiger partial charge is 0.300 e. The number of aromatic nitrogens is 1. The maximum Gasteiger partial charge on any atom is 0.0312 e. The Hall–Kier alpha value is -0.930. The van der Waals surface area contributed by atoms with E-state index in [-0.39, 0.29) is 0 Å².